The fraction of sp³-hybridized carbons (Fsp3) is 0.867. The minimum atomic E-state index is 0.432. The van der Waals surface area contributed by atoms with E-state index < -0.39 is 0 Å². The molecule has 0 aromatic heterocycles. The van der Waals surface area contributed by atoms with Crippen LogP contribution in [0.3, 0.4) is 0 Å². The van der Waals surface area contributed by atoms with Crippen molar-refractivity contribution in [2.24, 2.45) is 38.9 Å². The van der Waals surface area contributed by atoms with Crippen molar-refractivity contribution in [2.75, 3.05) is 0 Å². The molecule has 0 radical (unpaired) electrons. The van der Waals surface area contributed by atoms with Crippen molar-refractivity contribution in [1.82, 2.24) is 0 Å². The molecule has 0 unspecified atom stereocenters. The lowest BCUT2D eigenvalue weighted by Crippen LogP contribution is -2.57. The Bertz CT molecular complexity index is 733. The van der Waals surface area contributed by atoms with Gasteiger partial charge in [-0.3, -0.25) is 0 Å². The topological polar surface area (TPSA) is 0 Å². The van der Waals surface area contributed by atoms with Crippen LogP contribution in [0.25, 0.3) is 0 Å². The van der Waals surface area contributed by atoms with E-state index in [1.165, 1.54) is 76.2 Å². The number of rotatable bonds is 3. The molecule has 3 fully saturated rings. The van der Waals surface area contributed by atoms with Crippen molar-refractivity contribution in [3.05, 3.63) is 23.3 Å². The molecule has 0 spiro atoms. The van der Waals surface area contributed by atoms with E-state index in [0.717, 1.165) is 11.8 Å². The quantitative estimate of drug-likeness (QED) is 0.406. The van der Waals surface area contributed by atoms with Crippen LogP contribution in [-0.2, 0) is 0 Å². The number of fused-ring (bicyclic) bond motifs is 5. The lowest BCUT2D eigenvalue weighted by atomic mass is 9.38. The molecule has 4 aliphatic rings. The molecule has 0 saturated heterocycles. The minimum Gasteiger partial charge on any atom is -0.0859 e. The number of hydrogen-bond donors (Lipinski definition) is 0. The molecule has 0 amide bonds. The molecule has 4 rings (SSSR count). The van der Waals surface area contributed by atoms with Crippen LogP contribution < -0.4 is 0 Å². The molecule has 0 N–H and O–H groups in total. The minimum absolute atomic E-state index is 0.432. The van der Waals surface area contributed by atoms with Gasteiger partial charge in [-0.2, -0.15) is 0 Å². The highest BCUT2D eigenvalue weighted by molar-refractivity contribution is 5.32. The van der Waals surface area contributed by atoms with Gasteiger partial charge in [0.25, 0.3) is 0 Å². The summed E-state index contributed by atoms with van der Waals surface area (Å²) in [4.78, 5) is 0. The standard InChI is InChI=1S/C30H50/c1-22(2)11-9-16-27(5)19-20-30(8)24-12-13-25-26(3,4)15-10-17-29(25,7)23(24)14-18-28(30,6)21-27/h11-12,23,25H,9-10,13-21H2,1-8H3/t23-,25+,27+,28-,29+,30+/m0/s1. The maximum atomic E-state index is 2.80. The van der Waals surface area contributed by atoms with E-state index in [0.29, 0.717) is 27.1 Å². The van der Waals surface area contributed by atoms with Gasteiger partial charge >= 0.3 is 0 Å². The summed E-state index contributed by atoms with van der Waals surface area (Å²) < 4.78 is 0. The zero-order chi connectivity index (χ0) is 22.0. The Hall–Kier alpha value is -0.520. The second kappa shape index (κ2) is 7.25. The van der Waals surface area contributed by atoms with Crippen LogP contribution in [-0.4, -0.2) is 0 Å². The van der Waals surface area contributed by atoms with Crippen LogP contribution in [0.15, 0.2) is 23.3 Å². The van der Waals surface area contributed by atoms with Crippen LogP contribution in [0.1, 0.15) is 126 Å². The normalized spacial score (nSPS) is 47.4. The molecule has 0 bridgehead atoms. The first-order valence-electron chi connectivity index (χ1n) is 13.2. The largest absolute Gasteiger partial charge is 0.0859 e. The van der Waals surface area contributed by atoms with Gasteiger partial charge in [-0.15, -0.1) is 0 Å². The highest BCUT2D eigenvalue weighted by atomic mass is 14.7. The molecule has 3 saturated carbocycles. The number of hydrogen-bond acceptors (Lipinski definition) is 0. The Balaban J connectivity index is 1.62. The Kier molecular flexibility index (Phi) is 5.47. The zero-order valence-electron chi connectivity index (χ0n) is 21.6. The van der Waals surface area contributed by atoms with Crippen LogP contribution in [0.4, 0.5) is 0 Å². The SMILES string of the molecule is CC(C)=CCC[C@]1(C)CC[C@]2(C)C3=CC[C@@H]4C(C)(C)CCC[C@]4(C)[C@H]3CC[C@@]2(C)C1. The van der Waals surface area contributed by atoms with Gasteiger partial charge in [0.1, 0.15) is 0 Å². The second-order valence-electron chi connectivity index (χ2n) is 14.1. The van der Waals surface area contributed by atoms with Gasteiger partial charge < -0.3 is 0 Å². The summed E-state index contributed by atoms with van der Waals surface area (Å²) in [6, 6.07) is 0. The average molecular weight is 411 g/mol. The molecule has 30 heavy (non-hydrogen) atoms. The molecule has 0 aliphatic heterocycles. The highest BCUT2D eigenvalue weighted by Crippen LogP contribution is 2.72. The zero-order valence-corrected chi connectivity index (χ0v) is 21.6. The predicted molar refractivity (Wildman–Crippen MR) is 131 cm³/mol. The van der Waals surface area contributed by atoms with Gasteiger partial charge in [-0.25, -0.2) is 0 Å². The Morgan fingerprint density at radius 2 is 1.70 bits per heavy atom. The molecule has 4 aliphatic carbocycles. The molecule has 0 heteroatoms. The molecular weight excluding hydrogens is 360 g/mol. The van der Waals surface area contributed by atoms with Crippen molar-refractivity contribution in [1.29, 1.82) is 0 Å². The monoisotopic (exact) mass is 410 g/mol. The van der Waals surface area contributed by atoms with Gasteiger partial charge in [0, 0.05) is 0 Å². The van der Waals surface area contributed by atoms with E-state index in [4.69, 9.17) is 0 Å². The third kappa shape index (κ3) is 3.38. The summed E-state index contributed by atoms with van der Waals surface area (Å²) in [7, 11) is 0. The lowest BCUT2D eigenvalue weighted by Gasteiger charge is -2.67. The van der Waals surface area contributed by atoms with Gasteiger partial charge in [0.2, 0.25) is 0 Å². The third-order valence-corrected chi connectivity index (χ3v) is 11.3. The summed E-state index contributed by atoms with van der Waals surface area (Å²) in [6.07, 6.45) is 20.8. The van der Waals surface area contributed by atoms with E-state index in [-0.39, 0.29) is 0 Å². The first-order valence-corrected chi connectivity index (χ1v) is 13.2. The van der Waals surface area contributed by atoms with E-state index in [1.54, 1.807) is 0 Å². The van der Waals surface area contributed by atoms with E-state index in [2.05, 4.69) is 67.5 Å². The molecule has 6 atom stereocenters. The lowest BCUT2D eigenvalue weighted by molar-refractivity contribution is -0.107. The average Bonchev–Trinajstić information content (AvgIpc) is 2.62. The Labute approximate surface area is 188 Å². The van der Waals surface area contributed by atoms with Crippen molar-refractivity contribution < 1.29 is 0 Å². The summed E-state index contributed by atoms with van der Waals surface area (Å²) in [6.45, 7) is 20.3. The van der Waals surface area contributed by atoms with Crippen molar-refractivity contribution >= 4 is 0 Å². The van der Waals surface area contributed by atoms with Crippen LogP contribution >= 0.6 is 0 Å². The summed E-state index contributed by atoms with van der Waals surface area (Å²) in [5.74, 6) is 1.74. The van der Waals surface area contributed by atoms with Crippen molar-refractivity contribution in [3.8, 4) is 0 Å². The fourth-order valence-corrected chi connectivity index (χ4v) is 9.33. The first-order chi connectivity index (χ1) is 13.9. The predicted octanol–water partition coefficient (Wildman–Crippen LogP) is 9.51. The summed E-state index contributed by atoms with van der Waals surface area (Å²) in [5.41, 5.74) is 5.91. The van der Waals surface area contributed by atoms with Crippen LogP contribution in [0.5, 0.6) is 0 Å². The van der Waals surface area contributed by atoms with Crippen molar-refractivity contribution in [3.63, 3.8) is 0 Å². The van der Waals surface area contributed by atoms with Gasteiger partial charge in [0.15, 0.2) is 0 Å². The molecule has 0 aromatic carbocycles. The smallest absolute Gasteiger partial charge is 0.00592 e. The molecule has 0 aromatic rings. The second-order valence-corrected chi connectivity index (χ2v) is 14.1. The van der Waals surface area contributed by atoms with Crippen LogP contribution in [0.2, 0.25) is 0 Å². The number of allylic oxidation sites excluding steroid dienone is 4. The van der Waals surface area contributed by atoms with E-state index in [1.807, 2.05) is 5.57 Å². The van der Waals surface area contributed by atoms with Gasteiger partial charge in [-0.05, 0) is 117 Å². The maximum Gasteiger partial charge on any atom is -0.00592 e. The van der Waals surface area contributed by atoms with E-state index in [9.17, 15) is 0 Å². The molecule has 170 valence electrons. The molecule has 0 nitrogen and oxygen atoms in total. The van der Waals surface area contributed by atoms with E-state index >= 15 is 0 Å². The van der Waals surface area contributed by atoms with Gasteiger partial charge in [-0.1, -0.05) is 71.3 Å². The molecular formula is C30H50. The third-order valence-electron chi connectivity index (χ3n) is 11.3. The van der Waals surface area contributed by atoms with Crippen LogP contribution in [0, 0.1) is 38.9 Å². The first kappa shape index (κ1) is 22.7. The summed E-state index contributed by atoms with van der Waals surface area (Å²) in [5, 5.41) is 0. The Morgan fingerprint density at radius 1 is 0.967 bits per heavy atom. The van der Waals surface area contributed by atoms with Crippen molar-refractivity contribution in [2.45, 2.75) is 126 Å². The summed E-state index contributed by atoms with van der Waals surface area (Å²) >= 11 is 0. The highest BCUT2D eigenvalue weighted by Gasteiger charge is 2.62. The Morgan fingerprint density at radius 3 is 2.40 bits per heavy atom. The molecule has 0 heterocycles. The fourth-order valence-electron chi connectivity index (χ4n) is 9.33. The van der Waals surface area contributed by atoms with Gasteiger partial charge in [0.05, 0.1) is 0 Å². The maximum absolute atomic E-state index is 2.80.